The molecule has 43 heavy (non-hydrogen) atoms. The lowest BCUT2D eigenvalue weighted by molar-refractivity contribution is 0.383. The van der Waals surface area contributed by atoms with Crippen molar-refractivity contribution in [2.24, 2.45) is 9.98 Å². The molecule has 0 saturated heterocycles. The van der Waals surface area contributed by atoms with Crippen molar-refractivity contribution in [3.05, 3.63) is 168 Å². The molecule has 0 amide bonds. The molecule has 204 valence electrons. The number of fused-ring (bicyclic) bond motifs is 6. The molecule has 1 aliphatic rings. The van der Waals surface area contributed by atoms with Crippen LogP contribution in [0.4, 0.5) is 0 Å². The van der Waals surface area contributed by atoms with Crippen molar-refractivity contribution in [2.75, 3.05) is 7.05 Å². The van der Waals surface area contributed by atoms with E-state index in [4.69, 9.17) is 9.98 Å². The van der Waals surface area contributed by atoms with E-state index in [1.165, 1.54) is 37.9 Å². The monoisotopic (exact) mass is 551 g/mol. The summed E-state index contributed by atoms with van der Waals surface area (Å²) in [5, 5.41) is 7.68. The van der Waals surface area contributed by atoms with Gasteiger partial charge in [0.15, 0.2) is 5.84 Å². The fourth-order valence-corrected chi connectivity index (χ4v) is 6.37. The van der Waals surface area contributed by atoms with E-state index < -0.39 is 0 Å². The van der Waals surface area contributed by atoms with Gasteiger partial charge in [-0.05, 0) is 61.1 Å². The minimum Gasteiger partial charge on any atom is -0.333 e. The Kier molecular flexibility index (Phi) is 6.08. The van der Waals surface area contributed by atoms with Crippen molar-refractivity contribution in [1.82, 2.24) is 4.90 Å². The van der Waals surface area contributed by atoms with Gasteiger partial charge in [-0.15, -0.1) is 0 Å². The first-order valence-corrected chi connectivity index (χ1v) is 14.7. The summed E-state index contributed by atoms with van der Waals surface area (Å²) in [5.74, 6) is 1.65. The van der Waals surface area contributed by atoms with Crippen molar-refractivity contribution in [2.45, 2.75) is 6.17 Å². The summed E-state index contributed by atoms with van der Waals surface area (Å²) < 4.78 is 0. The average molecular weight is 552 g/mol. The fourth-order valence-electron chi connectivity index (χ4n) is 6.37. The molecule has 0 radical (unpaired) electrons. The van der Waals surface area contributed by atoms with E-state index in [1.807, 2.05) is 12.1 Å². The zero-order valence-corrected chi connectivity index (χ0v) is 23.9. The third kappa shape index (κ3) is 4.38. The van der Waals surface area contributed by atoms with Crippen LogP contribution < -0.4 is 0 Å². The summed E-state index contributed by atoms with van der Waals surface area (Å²) in [6.45, 7) is 0. The van der Waals surface area contributed by atoms with Gasteiger partial charge < -0.3 is 4.90 Å². The second kappa shape index (κ2) is 10.4. The van der Waals surface area contributed by atoms with Crippen molar-refractivity contribution in [1.29, 1.82) is 0 Å². The van der Waals surface area contributed by atoms with Gasteiger partial charge in [0.05, 0.1) is 0 Å². The van der Waals surface area contributed by atoms with Crippen molar-refractivity contribution in [3.63, 3.8) is 0 Å². The second-order valence-electron chi connectivity index (χ2n) is 11.1. The number of rotatable bonds is 4. The van der Waals surface area contributed by atoms with Crippen LogP contribution in [0.25, 0.3) is 43.4 Å². The van der Waals surface area contributed by atoms with Gasteiger partial charge in [0, 0.05) is 18.2 Å². The van der Waals surface area contributed by atoms with E-state index in [1.54, 1.807) is 0 Å². The van der Waals surface area contributed by atoms with Crippen LogP contribution in [0.2, 0.25) is 0 Å². The van der Waals surface area contributed by atoms with Gasteiger partial charge in [-0.25, -0.2) is 9.98 Å². The number of aliphatic imine (C=N–C) groups is 2. The van der Waals surface area contributed by atoms with E-state index in [-0.39, 0.29) is 6.17 Å². The highest BCUT2D eigenvalue weighted by Gasteiger charge is 2.26. The summed E-state index contributed by atoms with van der Waals surface area (Å²) in [6.07, 6.45) is -0.173. The molecule has 0 fully saturated rings. The summed E-state index contributed by atoms with van der Waals surface area (Å²) in [4.78, 5) is 12.5. The average Bonchev–Trinajstić information content (AvgIpc) is 3.09. The molecule has 7 aromatic carbocycles. The quantitative estimate of drug-likeness (QED) is 0.200. The predicted octanol–water partition coefficient (Wildman–Crippen LogP) is 9.65. The molecule has 8 rings (SSSR count). The van der Waals surface area contributed by atoms with Crippen LogP contribution in [0.5, 0.6) is 0 Å². The third-order valence-corrected chi connectivity index (χ3v) is 8.49. The molecule has 3 nitrogen and oxygen atoms in total. The molecule has 3 heteroatoms. The van der Waals surface area contributed by atoms with E-state index in [2.05, 4.69) is 151 Å². The summed E-state index contributed by atoms with van der Waals surface area (Å²) in [7, 11) is 2.07. The first kappa shape index (κ1) is 25.2. The highest BCUT2D eigenvalue weighted by molar-refractivity contribution is 6.25. The standard InChI is InChI=1S/C40H29N3/c1-43-39(27-13-4-2-5-14-27)41-38(42-40(43)28-15-6-3-7-16-28)31-18-12-17-29(25-31)30-23-24-36-34-21-9-8-19-32(34)33-20-10-11-22-35(33)37(36)26-30/h2-26,39H,1H3. The van der Waals surface area contributed by atoms with Gasteiger partial charge in [-0.1, -0.05) is 140 Å². The first-order chi connectivity index (χ1) is 21.2. The zero-order chi connectivity index (χ0) is 28.8. The largest absolute Gasteiger partial charge is 0.333 e. The van der Waals surface area contributed by atoms with E-state index in [0.717, 1.165) is 33.9 Å². The molecule has 7 aromatic rings. The van der Waals surface area contributed by atoms with Crippen LogP contribution >= 0.6 is 0 Å². The molecule has 1 heterocycles. The summed E-state index contributed by atoms with van der Waals surface area (Å²) in [6, 6.07) is 53.8. The van der Waals surface area contributed by atoms with E-state index in [9.17, 15) is 0 Å². The molecule has 1 aliphatic heterocycles. The molecule has 0 aliphatic carbocycles. The van der Waals surface area contributed by atoms with Gasteiger partial charge in [0.2, 0.25) is 0 Å². The van der Waals surface area contributed by atoms with Crippen LogP contribution in [0.15, 0.2) is 162 Å². The van der Waals surface area contributed by atoms with Gasteiger partial charge in [-0.3, -0.25) is 0 Å². The number of amidine groups is 2. The summed E-state index contributed by atoms with van der Waals surface area (Å²) in [5.41, 5.74) is 5.53. The van der Waals surface area contributed by atoms with Crippen LogP contribution in [0, 0.1) is 0 Å². The lowest BCUT2D eigenvalue weighted by atomic mass is 9.92. The van der Waals surface area contributed by atoms with Crippen molar-refractivity contribution >= 4 is 44.0 Å². The smallest absolute Gasteiger partial charge is 0.159 e. The Morgan fingerprint density at radius 1 is 0.442 bits per heavy atom. The maximum Gasteiger partial charge on any atom is 0.159 e. The molecule has 0 bridgehead atoms. The lowest BCUT2D eigenvalue weighted by Crippen LogP contribution is -2.35. The molecular weight excluding hydrogens is 522 g/mol. The maximum absolute atomic E-state index is 5.19. The van der Waals surface area contributed by atoms with Crippen molar-refractivity contribution in [3.8, 4) is 11.1 Å². The Morgan fingerprint density at radius 3 is 1.63 bits per heavy atom. The second-order valence-corrected chi connectivity index (χ2v) is 11.1. The topological polar surface area (TPSA) is 28.0 Å². The predicted molar refractivity (Wildman–Crippen MR) is 181 cm³/mol. The van der Waals surface area contributed by atoms with Crippen LogP contribution in [-0.2, 0) is 0 Å². The Morgan fingerprint density at radius 2 is 0.953 bits per heavy atom. The minimum absolute atomic E-state index is 0.173. The molecule has 0 aromatic heterocycles. The molecular formula is C40H29N3. The number of hydrogen-bond acceptors (Lipinski definition) is 3. The minimum atomic E-state index is -0.173. The van der Waals surface area contributed by atoms with E-state index >= 15 is 0 Å². The molecule has 0 saturated carbocycles. The first-order valence-electron chi connectivity index (χ1n) is 14.7. The number of benzene rings is 7. The van der Waals surface area contributed by atoms with Crippen LogP contribution in [0.1, 0.15) is 22.9 Å². The number of nitrogens with zero attached hydrogens (tertiary/aromatic N) is 3. The zero-order valence-electron chi connectivity index (χ0n) is 23.9. The third-order valence-electron chi connectivity index (χ3n) is 8.49. The van der Waals surface area contributed by atoms with Gasteiger partial charge >= 0.3 is 0 Å². The molecule has 0 N–H and O–H groups in total. The SMILES string of the molecule is CN1C(c2ccccc2)=NC(c2cccc(-c3ccc4c5ccccc5c5ccccc5c4c3)c2)=NC1c1ccccc1. The van der Waals surface area contributed by atoms with Gasteiger partial charge in [-0.2, -0.15) is 0 Å². The van der Waals surface area contributed by atoms with Crippen molar-refractivity contribution < 1.29 is 0 Å². The normalized spacial score (nSPS) is 15.1. The fraction of sp³-hybridized carbons (Fsp3) is 0.0500. The Hall–Kier alpha value is -5.54. The van der Waals surface area contributed by atoms with E-state index in [0.29, 0.717) is 0 Å². The Bertz CT molecular complexity index is 2160. The Balaban J connectivity index is 1.27. The highest BCUT2D eigenvalue weighted by atomic mass is 15.3. The Labute approximate surface area is 251 Å². The molecule has 1 unspecified atom stereocenters. The molecule has 1 atom stereocenters. The van der Waals surface area contributed by atoms with Crippen LogP contribution in [0.3, 0.4) is 0 Å². The van der Waals surface area contributed by atoms with Crippen LogP contribution in [-0.4, -0.2) is 23.6 Å². The number of hydrogen-bond donors (Lipinski definition) is 0. The maximum atomic E-state index is 5.19. The summed E-state index contributed by atoms with van der Waals surface area (Å²) >= 11 is 0. The highest BCUT2D eigenvalue weighted by Crippen LogP contribution is 2.37. The lowest BCUT2D eigenvalue weighted by Gasteiger charge is -2.32. The molecule has 0 spiro atoms. The van der Waals surface area contributed by atoms with Gasteiger partial charge in [0.25, 0.3) is 0 Å². The van der Waals surface area contributed by atoms with Gasteiger partial charge in [0.1, 0.15) is 12.0 Å².